The molecule has 3 nitrogen and oxygen atoms in total. The van der Waals surface area contributed by atoms with Crippen LogP contribution in [0.2, 0.25) is 0 Å². The molecule has 2 aromatic rings. The highest BCUT2D eigenvalue weighted by Crippen LogP contribution is 2.20. The van der Waals surface area contributed by atoms with E-state index in [0.717, 1.165) is 13.0 Å². The van der Waals surface area contributed by atoms with Crippen LogP contribution in [-0.4, -0.2) is 9.55 Å². The number of anilines is 1. The van der Waals surface area contributed by atoms with Gasteiger partial charge in [-0.05, 0) is 6.42 Å². The van der Waals surface area contributed by atoms with E-state index in [0.29, 0.717) is 18.0 Å². The number of aryl methyl sites for hydroxylation is 1. The average molecular weight is 269 g/mol. The molecule has 2 rings (SSSR count). The van der Waals surface area contributed by atoms with Crippen molar-refractivity contribution < 1.29 is 13.2 Å². The van der Waals surface area contributed by atoms with Crippen LogP contribution in [0.25, 0.3) is 0 Å². The minimum atomic E-state index is -0.953. The molecule has 0 saturated heterocycles. The van der Waals surface area contributed by atoms with Gasteiger partial charge >= 0.3 is 0 Å². The molecule has 0 bridgehead atoms. The van der Waals surface area contributed by atoms with Gasteiger partial charge in [-0.1, -0.05) is 6.92 Å². The van der Waals surface area contributed by atoms with E-state index in [1.165, 1.54) is 0 Å². The minimum absolute atomic E-state index is 0.173. The summed E-state index contributed by atoms with van der Waals surface area (Å²) in [5, 5.41) is 2.61. The molecule has 1 N–H and O–H groups in total. The summed E-state index contributed by atoms with van der Waals surface area (Å²) in [5.41, 5.74) is -0.340. The Balaban J connectivity index is 2.12. The van der Waals surface area contributed by atoms with Crippen LogP contribution in [0.5, 0.6) is 0 Å². The first-order valence-electron chi connectivity index (χ1n) is 6.00. The lowest BCUT2D eigenvalue weighted by atomic mass is 10.2. The van der Waals surface area contributed by atoms with E-state index in [2.05, 4.69) is 10.3 Å². The largest absolute Gasteiger partial charge is 0.373 e. The van der Waals surface area contributed by atoms with Crippen LogP contribution in [0.15, 0.2) is 24.5 Å². The van der Waals surface area contributed by atoms with Gasteiger partial charge in [0.15, 0.2) is 11.6 Å². The lowest BCUT2D eigenvalue weighted by Crippen LogP contribution is -2.10. The molecule has 102 valence electrons. The Morgan fingerprint density at radius 1 is 1.21 bits per heavy atom. The Kier molecular flexibility index (Phi) is 4.09. The monoisotopic (exact) mass is 269 g/mol. The molecular formula is C13H14F3N3. The van der Waals surface area contributed by atoms with Gasteiger partial charge in [0.25, 0.3) is 0 Å². The standard InChI is InChI=1S/C13H14F3N3/c1-2-4-19-5-3-17-12(19)8-18-13-10(15)6-9(14)7-11(13)16/h3,5-7,18H,2,4,8H2,1H3. The summed E-state index contributed by atoms with van der Waals surface area (Å²) in [6.07, 6.45) is 4.37. The van der Waals surface area contributed by atoms with Crippen molar-refractivity contribution in [1.82, 2.24) is 9.55 Å². The lowest BCUT2D eigenvalue weighted by molar-refractivity contribution is 0.546. The quantitative estimate of drug-likeness (QED) is 0.902. The van der Waals surface area contributed by atoms with Gasteiger partial charge in [-0.15, -0.1) is 0 Å². The van der Waals surface area contributed by atoms with Gasteiger partial charge in [-0.2, -0.15) is 0 Å². The number of nitrogens with one attached hydrogen (secondary N) is 1. The fourth-order valence-electron chi connectivity index (χ4n) is 1.83. The molecule has 0 spiro atoms. The summed E-state index contributed by atoms with van der Waals surface area (Å²) in [5.74, 6) is -2.17. The number of rotatable bonds is 5. The van der Waals surface area contributed by atoms with Crippen molar-refractivity contribution >= 4 is 5.69 Å². The number of hydrogen-bond acceptors (Lipinski definition) is 2. The first-order valence-corrected chi connectivity index (χ1v) is 6.00. The van der Waals surface area contributed by atoms with E-state index in [1.807, 2.05) is 11.5 Å². The van der Waals surface area contributed by atoms with Gasteiger partial charge in [0.1, 0.15) is 17.3 Å². The molecule has 1 aromatic carbocycles. The average Bonchev–Trinajstić information content (AvgIpc) is 2.76. The minimum Gasteiger partial charge on any atom is -0.373 e. The van der Waals surface area contributed by atoms with Crippen molar-refractivity contribution in [1.29, 1.82) is 0 Å². The van der Waals surface area contributed by atoms with Crippen molar-refractivity contribution in [2.45, 2.75) is 26.4 Å². The zero-order valence-corrected chi connectivity index (χ0v) is 10.5. The van der Waals surface area contributed by atoms with Crippen LogP contribution in [0.3, 0.4) is 0 Å². The van der Waals surface area contributed by atoms with Crippen LogP contribution in [0.1, 0.15) is 19.2 Å². The smallest absolute Gasteiger partial charge is 0.152 e. The third kappa shape index (κ3) is 3.07. The second-order valence-corrected chi connectivity index (χ2v) is 4.13. The van der Waals surface area contributed by atoms with Crippen molar-refractivity contribution in [2.75, 3.05) is 5.32 Å². The first kappa shape index (κ1) is 13.5. The summed E-state index contributed by atoms with van der Waals surface area (Å²) in [6, 6.07) is 1.29. The zero-order chi connectivity index (χ0) is 13.8. The van der Waals surface area contributed by atoms with Gasteiger partial charge < -0.3 is 9.88 Å². The molecule has 1 aromatic heterocycles. The summed E-state index contributed by atoms with van der Waals surface area (Å²) in [4.78, 5) is 4.11. The number of hydrogen-bond donors (Lipinski definition) is 1. The Labute approximate surface area is 109 Å². The number of nitrogens with zero attached hydrogens (tertiary/aromatic N) is 2. The molecule has 0 aliphatic carbocycles. The predicted octanol–water partition coefficient (Wildman–Crippen LogP) is 3.32. The van der Waals surface area contributed by atoms with E-state index in [9.17, 15) is 13.2 Å². The fourth-order valence-corrected chi connectivity index (χ4v) is 1.83. The van der Waals surface area contributed by atoms with Crippen molar-refractivity contribution in [3.05, 3.63) is 47.8 Å². The van der Waals surface area contributed by atoms with Gasteiger partial charge in [0, 0.05) is 31.1 Å². The van der Waals surface area contributed by atoms with E-state index in [1.54, 1.807) is 12.4 Å². The number of aromatic nitrogens is 2. The topological polar surface area (TPSA) is 29.9 Å². The molecule has 0 fully saturated rings. The molecule has 19 heavy (non-hydrogen) atoms. The zero-order valence-electron chi connectivity index (χ0n) is 10.5. The number of benzene rings is 1. The molecule has 6 heteroatoms. The van der Waals surface area contributed by atoms with E-state index in [4.69, 9.17) is 0 Å². The van der Waals surface area contributed by atoms with Crippen molar-refractivity contribution in [3.63, 3.8) is 0 Å². The third-order valence-corrected chi connectivity index (χ3v) is 2.70. The maximum absolute atomic E-state index is 13.4. The Morgan fingerprint density at radius 2 is 1.89 bits per heavy atom. The number of halogens is 3. The van der Waals surface area contributed by atoms with Crippen LogP contribution in [-0.2, 0) is 13.1 Å². The Morgan fingerprint density at radius 3 is 2.53 bits per heavy atom. The molecule has 0 aliphatic heterocycles. The van der Waals surface area contributed by atoms with Gasteiger partial charge in [-0.3, -0.25) is 0 Å². The third-order valence-electron chi connectivity index (χ3n) is 2.70. The Hall–Kier alpha value is -1.98. The summed E-state index contributed by atoms with van der Waals surface area (Å²) in [7, 11) is 0. The van der Waals surface area contributed by atoms with Gasteiger partial charge in [0.2, 0.25) is 0 Å². The van der Waals surface area contributed by atoms with Crippen LogP contribution in [0, 0.1) is 17.5 Å². The molecule has 0 amide bonds. The van der Waals surface area contributed by atoms with E-state index in [-0.39, 0.29) is 12.2 Å². The van der Waals surface area contributed by atoms with Gasteiger partial charge in [0.05, 0.1) is 6.54 Å². The highest BCUT2D eigenvalue weighted by molar-refractivity contribution is 5.46. The highest BCUT2D eigenvalue weighted by atomic mass is 19.1. The van der Waals surface area contributed by atoms with Gasteiger partial charge in [-0.25, -0.2) is 18.2 Å². The van der Waals surface area contributed by atoms with E-state index >= 15 is 0 Å². The lowest BCUT2D eigenvalue weighted by Gasteiger charge is -2.10. The van der Waals surface area contributed by atoms with Crippen molar-refractivity contribution in [3.8, 4) is 0 Å². The second kappa shape index (κ2) is 5.77. The molecular weight excluding hydrogens is 255 g/mol. The maximum atomic E-state index is 13.4. The Bertz CT molecular complexity index is 543. The normalized spacial score (nSPS) is 10.7. The van der Waals surface area contributed by atoms with Crippen molar-refractivity contribution in [2.24, 2.45) is 0 Å². The summed E-state index contributed by atoms with van der Waals surface area (Å²) >= 11 is 0. The highest BCUT2D eigenvalue weighted by Gasteiger charge is 2.12. The first-order chi connectivity index (χ1) is 9.11. The molecule has 0 saturated carbocycles. The molecule has 0 aliphatic rings. The van der Waals surface area contributed by atoms with Crippen LogP contribution >= 0.6 is 0 Å². The second-order valence-electron chi connectivity index (χ2n) is 4.13. The predicted molar refractivity (Wildman–Crippen MR) is 66.2 cm³/mol. The molecule has 0 unspecified atom stereocenters. The van der Waals surface area contributed by atoms with Crippen LogP contribution < -0.4 is 5.32 Å². The molecule has 0 radical (unpaired) electrons. The summed E-state index contributed by atoms with van der Waals surface area (Å²) in [6.45, 7) is 2.98. The summed E-state index contributed by atoms with van der Waals surface area (Å²) < 4.78 is 41.5. The SMILES string of the molecule is CCCn1ccnc1CNc1c(F)cc(F)cc1F. The molecule has 0 atom stereocenters. The molecule has 1 heterocycles. The maximum Gasteiger partial charge on any atom is 0.152 e. The van der Waals surface area contributed by atoms with Crippen LogP contribution in [0.4, 0.5) is 18.9 Å². The number of imidazole rings is 1. The van der Waals surface area contributed by atoms with E-state index < -0.39 is 17.5 Å². The fraction of sp³-hybridized carbons (Fsp3) is 0.308.